The average molecular weight is 305 g/mol. The summed E-state index contributed by atoms with van der Waals surface area (Å²) in [7, 11) is -4.02. The Balaban J connectivity index is 2.00. The van der Waals surface area contributed by atoms with Gasteiger partial charge in [0.05, 0.1) is 17.5 Å². The van der Waals surface area contributed by atoms with Crippen LogP contribution in [0, 0.1) is 6.92 Å². The van der Waals surface area contributed by atoms with Gasteiger partial charge in [0, 0.05) is 6.42 Å². The van der Waals surface area contributed by atoms with Crippen molar-refractivity contribution in [2.45, 2.75) is 30.2 Å². The van der Waals surface area contributed by atoms with Crippen molar-refractivity contribution in [2.24, 2.45) is 0 Å². The van der Waals surface area contributed by atoms with Crippen molar-refractivity contribution >= 4 is 16.0 Å². The van der Waals surface area contributed by atoms with Crippen molar-refractivity contribution in [3.05, 3.63) is 29.8 Å². The minimum absolute atomic E-state index is 0.0563. The molecule has 0 aliphatic carbocycles. The highest BCUT2D eigenvalue weighted by Gasteiger charge is 2.48. The van der Waals surface area contributed by atoms with Gasteiger partial charge in [-0.3, -0.25) is 8.98 Å². The molecule has 2 rings (SSSR count). The van der Waals surface area contributed by atoms with Gasteiger partial charge in [0.2, 0.25) is 0 Å². The highest BCUT2D eigenvalue weighted by atomic mass is 32.2. The van der Waals surface area contributed by atoms with Gasteiger partial charge in [-0.15, -0.1) is 0 Å². The zero-order chi connectivity index (χ0) is 15.0. The third-order valence-electron chi connectivity index (χ3n) is 2.90. The van der Waals surface area contributed by atoms with Crippen molar-refractivity contribution in [3.8, 4) is 0 Å². The monoisotopic (exact) mass is 305 g/mol. The smallest absolute Gasteiger partial charge is 0.326 e. The van der Waals surface area contributed by atoms with E-state index in [1.54, 1.807) is 19.1 Å². The largest absolute Gasteiger partial charge is 0.346 e. The second-order valence-corrected chi connectivity index (χ2v) is 6.25. The molecule has 1 aliphatic rings. The van der Waals surface area contributed by atoms with Gasteiger partial charge in [-0.2, -0.15) is 17.2 Å². The first-order valence-electron chi connectivity index (χ1n) is 5.85. The van der Waals surface area contributed by atoms with Gasteiger partial charge >= 0.3 is 5.92 Å². The summed E-state index contributed by atoms with van der Waals surface area (Å²) in [5.41, 5.74) is 0.881. The molecule has 0 saturated carbocycles. The molecule has 0 radical (unpaired) electrons. The van der Waals surface area contributed by atoms with Crippen LogP contribution in [0.1, 0.15) is 12.0 Å². The molecule has 20 heavy (non-hydrogen) atoms. The van der Waals surface area contributed by atoms with Crippen molar-refractivity contribution < 1.29 is 26.2 Å². The molecule has 0 spiro atoms. The predicted molar refractivity (Wildman–Crippen MR) is 65.8 cm³/mol. The van der Waals surface area contributed by atoms with Gasteiger partial charge in [0.15, 0.2) is 0 Å². The first kappa shape index (κ1) is 14.9. The van der Waals surface area contributed by atoms with Crippen LogP contribution in [0.5, 0.6) is 0 Å². The Morgan fingerprint density at radius 1 is 1.35 bits per heavy atom. The van der Waals surface area contributed by atoms with E-state index in [0.717, 1.165) is 5.56 Å². The molecule has 8 heteroatoms. The zero-order valence-corrected chi connectivity index (χ0v) is 11.4. The number of aryl methyl sites for hydroxylation is 1. The number of halogens is 2. The minimum Gasteiger partial charge on any atom is -0.346 e. The van der Waals surface area contributed by atoms with Gasteiger partial charge in [-0.25, -0.2) is 0 Å². The molecule has 1 saturated heterocycles. The molecule has 1 aromatic carbocycles. The maximum absolute atomic E-state index is 13.0. The Hall–Kier alpha value is -1.54. The Morgan fingerprint density at radius 3 is 2.45 bits per heavy atom. The van der Waals surface area contributed by atoms with Gasteiger partial charge in [0.1, 0.15) is 0 Å². The van der Waals surface area contributed by atoms with Crippen molar-refractivity contribution in [2.75, 3.05) is 6.61 Å². The van der Waals surface area contributed by atoms with Crippen LogP contribution in [0.25, 0.3) is 0 Å². The topological polar surface area (TPSA) is 72.5 Å². The van der Waals surface area contributed by atoms with E-state index in [-0.39, 0.29) is 4.90 Å². The average Bonchev–Trinajstić information content (AvgIpc) is 2.61. The molecule has 1 amide bonds. The van der Waals surface area contributed by atoms with Crippen LogP contribution in [0.2, 0.25) is 0 Å². The van der Waals surface area contributed by atoms with E-state index in [2.05, 4.69) is 0 Å². The van der Waals surface area contributed by atoms with Crippen LogP contribution in [-0.2, 0) is 19.1 Å². The van der Waals surface area contributed by atoms with Gasteiger partial charge in [0.25, 0.3) is 16.0 Å². The summed E-state index contributed by atoms with van der Waals surface area (Å²) in [6, 6.07) is 4.92. The second-order valence-electron chi connectivity index (χ2n) is 4.63. The third kappa shape index (κ3) is 3.13. The maximum Gasteiger partial charge on any atom is 0.326 e. The summed E-state index contributed by atoms with van der Waals surface area (Å²) in [5.74, 6) is -4.87. The molecule has 1 atom stereocenters. The molecular weight excluding hydrogens is 292 g/mol. The summed E-state index contributed by atoms with van der Waals surface area (Å²) in [6.45, 7) is 1.28. The summed E-state index contributed by atoms with van der Waals surface area (Å²) in [5, 5.41) is 2.00. The lowest BCUT2D eigenvalue weighted by molar-refractivity contribution is -0.139. The molecule has 1 fully saturated rings. The fraction of sp³-hybridized carbons (Fsp3) is 0.417. The lowest BCUT2D eigenvalue weighted by Crippen LogP contribution is -2.32. The summed E-state index contributed by atoms with van der Waals surface area (Å²) in [4.78, 5) is 10.8. The molecule has 0 unspecified atom stereocenters. The molecule has 1 aromatic rings. The first-order valence-corrected chi connectivity index (χ1v) is 7.26. The number of nitrogens with one attached hydrogen (secondary N) is 1. The highest BCUT2D eigenvalue weighted by Crippen LogP contribution is 2.27. The van der Waals surface area contributed by atoms with Crippen LogP contribution < -0.4 is 5.32 Å². The van der Waals surface area contributed by atoms with Crippen LogP contribution in [0.4, 0.5) is 8.78 Å². The number of benzene rings is 1. The van der Waals surface area contributed by atoms with Crippen LogP contribution in [0.15, 0.2) is 29.2 Å². The van der Waals surface area contributed by atoms with Crippen molar-refractivity contribution in [1.29, 1.82) is 0 Å². The van der Waals surface area contributed by atoms with E-state index < -0.39 is 41.0 Å². The first-order chi connectivity index (χ1) is 9.21. The lowest BCUT2D eigenvalue weighted by Gasteiger charge is -2.10. The van der Waals surface area contributed by atoms with E-state index in [1.807, 2.05) is 5.32 Å². The Kier molecular flexibility index (Phi) is 3.79. The maximum atomic E-state index is 13.0. The lowest BCUT2D eigenvalue weighted by atomic mass is 10.2. The summed E-state index contributed by atoms with van der Waals surface area (Å²) >= 11 is 0. The van der Waals surface area contributed by atoms with Gasteiger partial charge in [-0.1, -0.05) is 17.7 Å². The van der Waals surface area contributed by atoms with E-state index in [4.69, 9.17) is 4.18 Å². The van der Waals surface area contributed by atoms with Gasteiger partial charge < -0.3 is 5.32 Å². The van der Waals surface area contributed by atoms with Crippen molar-refractivity contribution in [3.63, 3.8) is 0 Å². The van der Waals surface area contributed by atoms with E-state index in [1.165, 1.54) is 12.1 Å². The number of carbonyl (C=O) groups excluding carboxylic acids is 1. The molecule has 1 N–H and O–H groups in total. The normalized spacial score (nSPS) is 21.8. The Morgan fingerprint density at radius 2 is 1.95 bits per heavy atom. The molecule has 1 aliphatic heterocycles. The number of amides is 1. The van der Waals surface area contributed by atoms with Crippen molar-refractivity contribution in [1.82, 2.24) is 5.32 Å². The fourth-order valence-corrected chi connectivity index (χ4v) is 2.74. The second kappa shape index (κ2) is 5.10. The molecule has 0 aromatic heterocycles. The molecule has 110 valence electrons. The van der Waals surface area contributed by atoms with Gasteiger partial charge in [-0.05, 0) is 19.1 Å². The highest BCUT2D eigenvalue weighted by molar-refractivity contribution is 7.86. The SMILES string of the molecule is Cc1ccc(S(=O)(=O)OC[C@@H]2CC(F)(F)C(=O)N2)cc1. The number of alkyl halides is 2. The zero-order valence-electron chi connectivity index (χ0n) is 10.6. The Bertz CT molecular complexity index is 613. The predicted octanol–water partition coefficient (Wildman–Crippen LogP) is 1.22. The number of carbonyl (C=O) groups is 1. The standard InChI is InChI=1S/C12H13F2NO4S/c1-8-2-4-10(5-3-8)20(17,18)19-7-9-6-12(13,14)11(16)15-9/h2-5,9H,6-7H2,1H3,(H,15,16)/t9-/m0/s1. The minimum atomic E-state index is -4.02. The Labute approximate surface area is 115 Å². The third-order valence-corrected chi connectivity index (χ3v) is 4.20. The quantitative estimate of drug-likeness (QED) is 0.849. The molecule has 0 bridgehead atoms. The van der Waals surface area contributed by atoms with Crippen LogP contribution >= 0.6 is 0 Å². The fourth-order valence-electron chi connectivity index (χ4n) is 1.79. The van der Waals surface area contributed by atoms with E-state index >= 15 is 0 Å². The van der Waals surface area contributed by atoms with Crippen LogP contribution in [0.3, 0.4) is 0 Å². The molecular formula is C12H13F2NO4S. The molecule has 5 nitrogen and oxygen atoms in total. The summed E-state index contributed by atoms with van der Waals surface area (Å²) in [6.07, 6.45) is -0.769. The number of rotatable bonds is 4. The number of hydrogen-bond acceptors (Lipinski definition) is 4. The van der Waals surface area contributed by atoms with Crippen LogP contribution in [-0.4, -0.2) is 32.9 Å². The molecule has 1 heterocycles. The van der Waals surface area contributed by atoms with E-state index in [0.29, 0.717) is 0 Å². The van der Waals surface area contributed by atoms with E-state index in [9.17, 15) is 22.0 Å². The number of hydrogen-bond donors (Lipinski definition) is 1. The summed E-state index contributed by atoms with van der Waals surface area (Å²) < 4.78 is 54.3.